The van der Waals surface area contributed by atoms with E-state index in [4.69, 9.17) is 18.5 Å². The number of hydrogen-bond donors (Lipinski definition) is 0. The Morgan fingerprint density at radius 3 is 0.940 bits per heavy atom. The Bertz CT molecular complexity index is 1460. The lowest BCUT2D eigenvalue weighted by molar-refractivity contribution is -0.870. The highest BCUT2D eigenvalue weighted by Crippen LogP contribution is 2.38. The van der Waals surface area contributed by atoms with Gasteiger partial charge >= 0.3 is 11.9 Å². The van der Waals surface area contributed by atoms with E-state index in [1.807, 2.05) is 21.1 Å². The van der Waals surface area contributed by atoms with E-state index in [1.165, 1.54) is 315 Å². The van der Waals surface area contributed by atoms with E-state index in [9.17, 15) is 19.0 Å². The average molecular weight is 1210 g/mol. The topological polar surface area (TPSA) is 111 Å². The van der Waals surface area contributed by atoms with Crippen LogP contribution in [-0.4, -0.2) is 70.0 Å². The molecule has 0 fully saturated rings. The number of allylic oxidation sites excluding steroid dienone is 4. The third-order valence-corrected chi connectivity index (χ3v) is 17.9. The number of likely N-dealkylation sites (N-methyl/N-ethyl adjacent to an activating group) is 1. The summed E-state index contributed by atoms with van der Waals surface area (Å²) < 4.78 is 34.3. The maximum Gasteiger partial charge on any atom is 0.306 e. The largest absolute Gasteiger partial charge is 0.756 e. The van der Waals surface area contributed by atoms with Crippen molar-refractivity contribution in [2.75, 3.05) is 47.5 Å². The zero-order valence-electron chi connectivity index (χ0n) is 56.9. The Hall–Kier alpha value is -1.51. The molecule has 0 aliphatic heterocycles. The number of nitrogens with zero attached hydrogens (tertiary/aromatic N) is 1. The number of phosphoric ester groups is 1. The van der Waals surface area contributed by atoms with E-state index in [0.717, 1.165) is 38.5 Å². The summed E-state index contributed by atoms with van der Waals surface area (Å²) in [4.78, 5) is 38.1. The molecule has 0 aromatic heterocycles. The van der Waals surface area contributed by atoms with Gasteiger partial charge in [0.15, 0.2) is 6.10 Å². The fourth-order valence-corrected chi connectivity index (χ4v) is 12.0. The fourth-order valence-electron chi connectivity index (χ4n) is 11.3. The lowest BCUT2D eigenvalue weighted by Gasteiger charge is -2.28. The van der Waals surface area contributed by atoms with Gasteiger partial charge in [-0.3, -0.25) is 14.2 Å². The summed E-state index contributed by atoms with van der Waals surface area (Å²) in [7, 11) is 1.19. The molecule has 0 aromatic rings. The highest BCUT2D eigenvalue weighted by atomic mass is 31.2. The van der Waals surface area contributed by atoms with Gasteiger partial charge in [-0.05, 0) is 44.9 Å². The maximum atomic E-state index is 12.9. The lowest BCUT2D eigenvalue weighted by atomic mass is 10.0. The zero-order valence-corrected chi connectivity index (χ0v) is 57.8. The van der Waals surface area contributed by atoms with Crippen LogP contribution >= 0.6 is 7.82 Å². The molecule has 0 spiro atoms. The molecule has 0 bridgehead atoms. The van der Waals surface area contributed by atoms with Gasteiger partial charge < -0.3 is 27.9 Å². The second kappa shape index (κ2) is 65.9. The minimum atomic E-state index is -4.64. The average Bonchev–Trinajstić information content (AvgIpc) is 3.61. The van der Waals surface area contributed by atoms with Gasteiger partial charge in [-0.2, -0.15) is 0 Å². The Balaban J connectivity index is 3.89. The normalized spacial score (nSPS) is 13.2. The zero-order chi connectivity index (χ0) is 61.2. The Morgan fingerprint density at radius 1 is 0.369 bits per heavy atom. The van der Waals surface area contributed by atoms with Crippen LogP contribution in [0.5, 0.6) is 0 Å². The fraction of sp³-hybridized carbons (Fsp3) is 0.919. The number of esters is 2. The lowest BCUT2D eigenvalue weighted by Crippen LogP contribution is -2.37. The number of ether oxygens (including phenoxy) is 2. The van der Waals surface area contributed by atoms with Gasteiger partial charge in [0.25, 0.3) is 7.82 Å². The van der Waals surface area contributed by atoms with Gasteiger partial charge in [0.1, 0.15) is 19.8 Å². The SMILES string of the molecule is CCCCCCC/C=C\C/C=C\CCCCCCCCCCCCCCCCCCCCCCCCCCCCCC(=O)OC(COC(=O)CCCCCCCCCCCCCCCCCCCCCCC)COP(=O)([O-])OCC[N+](C)(C)C. The van der Waals surface area contributed by atoms with Crippen LogP contribution < -0.4 is 4.89 Å². The van der Waals surface area contributed by atoms with Gasteiger partial charge in [-0.1, -0.05) is 353 Å². The molecule has 0 saturated heterocycles. The van der Waals surface area contributed by atoms with Gasteiger partial charge in [0, 0.05) is 12.8 Å². The number of phosphoric acid groups is 1. The first-order chi connectivity index (χ1) is 41.0. The molecule has 0 aliphatic rings. The van der Waals surface area contributed by atoms with Crippen LogP contribution in [0.4, 0.5) is 0 Å². The molecule has 0 amide bonds. The van der Waals surface area contributed by atoms with Crippen LogP contribution in [0.2, 0.25) is 0 Å². The number of quaternary nitrogens is 1. The van der Waals surface area contributed by atoms with Gasteiger partial charge in [-0.15, -0.1) is 0 Å². The van der Waals surface area contributed by atoms with Crippen LogP contribution in [0.3, 0.4) is 0 Å². The van der Waals surface area contributed by atoms with Crippen molar-refractivity contribution < 1.29 is 42.1 Å². The molecule has 0 aliphatic carbocycles. The van der Waals surface area contributed by atoms with E-state index >= 15 is 0 Å². The van der Waals surface area contributed by atoms with Crippen molar-refractivity contribution in [3.63, 3.8) is 0 Å². The summed E-state index contributed by atoms with van der Waals surface area (Å²) in [5.74, 6) is -0.806. The summed E-state index contributed by atoms with van der Waals surface area (Å²) in [5, 5.41) is 0. The molecule has 0 saturated carbocycles. The standard InChI is InChI=1S/C74H144NO8P/c1-6-8-10-12-14-16-18-20-22-24-26-28-29-30-31-32-33-34-35-36-37-38-39-40-41-42-43-44-45-47-49-51-53-55-57-59-61-63-65-67-74(77)83-72(71-82-84(78,79)81-69-68-75(3,4)5)70-80-73(76)66-64-62-60-58-56-54-52-50-48-46-27-25-23-21-19-17-15-13-11-9-7-2/h18,20,24,26,72H,6-17,19,21-23,25,27-71H2,1-5H3/b20-18-,26-24-. The minimum absolute atomic E-state index is 0.0260. The Labute approximate surface area is 523 Å². The molecule has 2 atom stereocenters. The first-order valence-corrected chi connectivity index (χ1v) is 38.5. The van der Waals surface area contributed by atoms with Gasteiger partial charge in [0.2, 0.25) is 0 Å². The van der Waals surface area contributed by atoms with Crippen molar-refractivity contribution in [2.24, 2.45) is 0 Å². The molecular formula is C74H144NO8P. The van der Waals surface area contributed by atoms with E-state index in [0.29, 0.717) is 17.4 Å². The molecule has 10 heteroatoms. The van der Waals surface area contributed by atoms with Crippen molar-refractivity contribution in [1.82, 2.24) is 0 Å². The van der Waals surface area contributed by atoms with E-state index in [-0.39, 0.29) is 32.0 Å². The Kier molecular flexibility index (Phi) is 64.7. The van der Waals surface area contributed by atoms with Crippen molar-refractivity contribution in [3.05, 3.63) is 24.3 Å². The first kappa shape index (κ1) is 82.5. The van der Waals surface area contributed by atoms with E-state index < -0.39 is 26.5 Å². The molecule has 0 radical (unpaired) electrons. The predicted molar refractivity (Wildman–Crippen MR) is 361 cm³/mol. The Morgan fingerprint density at radius 2 is 0.643 bits per heavy atom. The summed E-state index contributed by atoms with van der Waals surface area (Å²) in [6.07, 6.45) is 82.9. The number of rotatable bonds is 70. The quantitative estimate of drug-likeness (QED) is 0.0195. The molecule has 2 unspecified atom stereocenters. The highest BCUT2D eigenvalue weighted by Gasteiger charge is 2.22. The highest BCUT2D eigenvalue weighted by molar-refractivity contribution is 7.45. The first-order valence-electron chi connectivity index (χ1n) is 37.0. The maximum absolute atomic E-state index is 12.9. The van der Waals surface area contributed by atoms with E-state index in [2.05, 4.69) is 38.2 Å². The number of hydrogen-bond acceptors (Lipinski definition) is 8. The van der Waals surface area contributed by atoms with E-state index in [1.54, 1.807) is 0 Å². The number of carbonyl (C=O) groups excluding carboxylic acids is 2. The van der Waals surface area contributed by atoms with Crippen molar-refractivity contribution >= 4 is 19.8 Å². The van der Waals surface area contributed by atoms with Crippen molar-refractivity contribution in [2.45, 2.75) is 392 Å². The third kappa shape index (κ3) is 69.6. The van der Waals surface area contributed by atoms with Gasteiger partial charge in [0.05, 0.1) is 27.7 Å². The molecule has 0 rings (SSSR count). The molecule has 0 aromatic carbocycles. The third-order valence-electron chi connectivity index (χ3n) is 17.0. The predicted octanol–water partition coefficient (Wildman–Crippen LogP) is 23.4. The van der Waals surface area contributed by atoms with Crippen molar-refractivity contribution in [3.8, 4) is 0 Å². The molecule has 84 heavy (non-hydrogen) atoms. The van der Waals surface area contributed by atoms with Crippen LogP contribution in [0.1, 0.15) is 386 Å². The molecule has 0 N–H and O–H groups in total. The van der Waals surface area contributed by atoms with Crippen LogP contribution in [-0.2, 0) is 32.7 Å². The summed E-state index contributed by atoms with van der Waals surface area (Å²) in [5.41, 5.74) is 0. The summed E-state index contributed by atoms with van der Waals surface area (Å²) >= 11 is 0. The van der Waals surface area contributed by atoms with Crippen LogP contribution in [0.15, 0.2) is 24.3 Å². The molecular weight excluding hydrogens is 1060 g/mol. The van der Waals surface area contributed by atoms with Crippen LogP contribution in [0.25, 0.3) is 0 Å². The molecule has 498 valence electrons. The molecule has 0 heterocycles. The number of unbranched alkanes of at least 4 members (excludes halogenated alkanes) is 52. The minimum Gasteiger partial charge on any atom is -0.756 e. The number of carbonyl (C=O) groups is 2. The monoisotopic (exact) mass is 1210 g/mol. The molecule has 9 nitrogen and oxygen atoms in total. The second-order valence-electron chi connectivity index (χ2n) is 26.7. The van der Waals surface area contributed by atoms with Crippen molar-refractivity contribution in [1.29, 1.82) is 0 Å². The van der Waals surface area contributed by atoms with Crippen LogP contribution in [0, 0.1) is 0 Å². The summed E-state index contributed by atoms with van der Waals surface area (Å²) in [6.45, 7) is 4.31. The van der Waals surface area contributed by atoms with Gasteiger partial charge in [-0.25, -0.2) is 0 Å². The second-order valence-corrected chi connectivity index (χ2v) is 28.1. The summed E-state index contributed by atoms with van der Waals surface area (Å²) in [6, 6.07) is 0. The smallest absolute Gasteiger partial charge is 0.306 e.